The lowest BCUT2D eigenvalue weighted by Gasteiger charge is -2.16. The first-order valence-electron chi connectivity index (χ1n) is 6.68. The number of hydrogen-bond donors (Lipinski definition) is 3. The Morgan fingerprint density at radius 2 is 2.15 bits per heavy atom. The summed E-state index contributed by atoms with van der Waals surface area (Å²) in [6.07, 6.45) is 3.50. The van der Waals surface area contributed by atoms with Gasteiger partial charge >= 0.3 is 6.03 Å². The Morgan fingerprint density at radius 1 is 1.40 bits per heavy atom. The molecule has 0 bridgehead atoms. The van der Waals surface area contributed by atoms with Crippen LogP contribution in [0.5, 0.6) is 0 Å². The van der Waals surface area contributed by atoms with Crippen molar-refractivity contribution in [2.24, 2.45) is 11.7 Å². The van der Waals surface area contributed by atoms with Crippen molar-refractivity contribution in [3.05, 3.63) is 0 Å². The van der Waals surface area contributed by atoms with Crippen LogP contribution in [0.1, 0.15) is 25.7 Å². The number of nitrogens with two attached hydrogens (primary N) is 1. The number of nitrogens with one attached hydrogen (secondary N) is 2. The molecule has 8 heteroatoms. The van der Waals surface area contributed by atoms with E-state index in [0.29, 0.717) is 13.0 Å². The summed E-state index contributed by atoms with van der Waals surface area (Å²) in [4.78, 5) is 35.4. The van der Waals surface area contributed by atoms with Gasteiger partial charge in [-0.3, -0.25) is 14.5 Å². The molecule has 0 spiro atoms. The summed E-state index contributed by atoms with van der Waals surface area (Å²) in [5, 5.41) is 5.16. The van der Waals surface area contributed by atoms with E-state index >= 15 is 0 Å². The Morgan fingerprint density at radius 3 is 2.70 bits per heavy atom. The Balaban J connectivity index is 0.00000200. The van der Waals surface area contributed by atoms with E-state index < -0.39 is 6.03 Å². The van der Waals surface area contributed by atoms with Gasteiger partial charge < -0.3 is 16.4 Å². The monoisotopic (exact) mass is 304 g/mol. The van der Waals surface area contributed by atoms with Gasteiger partial charge in [0.25, 0.3) is 0 Å². The minimum atomic E-state index is -0.392. The Kier molecular flexibility index (Phi) is 6.22. The van der Waals surface area contributed by atoms with E-state index in [-0.39, 0.29) is 49.3 Å². The zero-order chi connectivity index (χ0) is 13.8. The van der Waals surface area contributed by atoms with Crippen LogP contribution in [0.4, 0.5) is 4.79 Å². The van der Waals surface area contributed by atoms with Crippen molar-refractivity contribution in [1.82, 2.24) is 15.5 Å². The van der Waals surface area contributed by atoms with Gasteiger partial charge in [-0.15, -0.1) is 12.4 Å². The molecule has 7 nitrogen and oxygen atoms in total. The fourth-order valence-electron chi connectivity index (χ4n) is 2.62. The van der Waals surface area contributed by atoms with Crippen LogP contribution in [-0.4, -0.2) is 48.4 Å². The summed E-state index contributed by atoms with van der Waals surface area (Å²) in [5.74, 6) is -0.0526. The van der Waals surface area contributed by atoms with Gasteiger partial charge in [0.15, 0.2) is 0 Å². The Bertz CT molecular complexity index is 375. The second-order valence-corrected chi connectivity index (χ2v) is 5.11. The van der Waals surface area contributed by atoms with E-state index in [2.05, 4.69) is 10.6 Å². The van der Waals surface area contributed by atoms with Crippen LogP contribution in [0.2, 0.25) is 0 Å². The molecule has 0 unspecified atom stereocenters. The molecular weight excluding hydrogens is 284 g/mol. The average Bonchev–Trinajstić information content (AvgIpc) is 2.90. The Hall–Kier alpha value is -1.34. The smallest absolute Gasteiger partial charge is 0.324 e. The van der Waals surface area contributed by atoms with Gasteiger partial charge in [0.1, 0.15) is 0 Å². The summed E-state index contributed by atoms with van der Waals surface area (Å²) in [5.41, 5.74) is 5.91. The third-order valence-electron chi connectivity index (χ3n) is 3.76. The largest absolute Gasteiger partial charge is 0.354 e. The molecule has 0 aromatic rings. The highest BCUT2D eigenvalue weighted by Gasteiger charge is 2.28. The standard InChI is InChI=1S/C12H20N4O3.ClH/c13-9-3-1-2-8(9)6-10(17)14-4-5-16-11(18)7-15-12(16)19;/h8-9H,1-7,13H2,(H,14,17)(H,15,19);1H/t8-,9+;/m0./s1. The number of nitrogens with zero attached hydrogens (tertiary/aromatic N) is 1. The molecule has 2 aliphatic rings. The quantitative estimate of drug-likeness (QED) is 0.601. The van der Waals surface area contributed by atoms with Gasteiger partial charge in [-0.2, -0.15) is 0 Å². The van der Waals surface area contributed by atoms with E-state index in [4.69, 9.17) is 5.73 Å². The molecule has 2 rings (SSSR count). The molecule has 0 aromatic heterocycles. The summed E-state index contributed by atoms with van der Waals surface area (Å²) in [6.45, 7) is 0.552. The molecule has 114 valence electrons. The van der Waals surface area contributed by atoms with Crippen molar-refractivity contribution < 1.29 is 14.4 Å². The van der Waals surface area contributed by atoms with E-state index in [1.54, 1.807) is 0 Å². The van der Waals surface area contributed by atoms with Gasteiger partial charge in [0.2, 0.25) is 11.8 Å². The molecule has 0 radical (unpaired) electrons. The lowest BCUT2D eigenvalue weighted by Crippen LogP contribution is -2.39. The molecule has 4 amide bonds. The summed E-state index contributed by atoms with van der Waals surface area (Å²) >= 11 is 0. The first-order valence-corrected chi connectivity index (χ1v) is 6.68. The van der Waals surface area contributed by atoms with Crippen LogP contribution in [-0.2, 0) is 9.59 Å². The molecule has 2 atom stereocenters. The van der Waals surface area contributed by atoms with Crippen molar-refractivity contribution in [2.45, 2.75) is 31.7 Å². The van der Waals surface area contributed by atoms with Crippen LogP contribution >= 0.6 is 12.4 Å². The van der Waals surface area contributed by atoms with Crippen molar-refractivity contribution in [3.8, 4) is 0 Å². The minimum absolute atomic E-state index is 0. The highest BCUT2D eigenvalue weighted by atomic mass is 35.5. The number of carbonyl (C=O) groups is 3. The molecule has 20 heavy (non-hydrogen) atoms. The number of halogens is 1. The van der Waals surface area contributed by atoms with E-state index in [1.807, 2.05) is 0 Å². The van der Waals surface area contributed by atoms with Crippen molar-refractivity contribution >= 4 is 30.3 Å². The fourth-order valence-corrected chi connectivity index (χ4v) is 2.62. The second kappa shape index (κ2) is 7.44. The molecule has 1 aliphatic heterocycles. The highest BCUT2D eigenvalue weighted by Crippen LogP contribution is 2.26. The van der Waals surface area contributed by atoms with Gasteiger partial charge in [-0.1, -0.05) is 6.42 Å². The van der Waals surface area contributed by atoms with Crippen LogP contribution in [0.3, 0.4) is 0 Å². The second-order valence-electron chi connectivity index (χ2n) is 5.11. The zero-order valence-corrected chi connectivity index (χ0v) is 12.1. The van der Waals surface area contributed by atoms with Crippen molar-refractivity contribution in [1.29, 1.82) is 0 Å². The van der Waals surface area contributed by atoms with Crippen LogP contribution in [0, 0.1) is 5.92 Å². The van der Waals surface area contributed by atoms with Crippen molar-refractivity contribution in [3.63, 3.8) is 0 Å². The van der Waals surface area contributed by atoms with Crippen LogP contribution < -0.4 is 16.4 Å². The molecule has 2 fully saturated rings. The van der Waals surface area contributed by atoms with E-state index in [0.717, 1.165) is 24.2 Å². The number of carbonyl (C=O) groups excluding carboxylic acids is 3. The summed E-state index contributed by atoms with van der Waals surface area (Å²) < 4.78 is 0. The predicted molar refractivity (Wildman–Crippen MR) is 75.3 cm³/mol. The minimum Gasteiger partial charge on any atom is -0.354 e. The zero-order valence-electron chi connectivity index (χ0n) is 11.3. The topological polar surface area (TPSA) is 105 Å². The SMILES string of the molecule is Cl.N[C@@H]1CCC[C@H]1CC(=O)NCCN1C(=O)CNC1=O. The molecule has 1 saturated heterocycles. The maximum Gasteiger partial charge on any atom is 0.324 e. The third kappa shape index (κ3) is 4.08. The third-order valence-corrected chi connectivity index (χ3v) is 3.76. The number of hydrogen-bond acceptors (Lipinski definition) is 4. The molecule has 0 aromatic carbocycles. The predicted octanol–water partition coefficient (Wildman–Crippen LogP) is -0.406. The van der Waals surface area contributed by atoms with Crippen LogP contribution in [0.15, 0.2) is 0 Å². The maximum absolute atomic E-state index is 11.7. The van der Waals surface area contributed by atoms with Gasteiger partial charge in [-0.25, -0.2) is 4.79 Å². The average molecular weight is 305 g/mol. The van der Waals surface area contributed by atoms with Crippen LogP contribution in [0.25, 0.3) is 0 Å². The lowest BCUT2D eigenvalue weighted by molar-refractivity contribution is -0.126. The normalized spacial score (nSPS) is 25.4. The number of imide groups is 1. The molecule has 1 saturated carbocycles. The van der Waals surface area contributed by atoms with E-state index in [9.17, 15) is 14.4 Å². The molecule has 1 aliphatic carbocycles. The summed E-state index contributed by atoms with van der Waals surface area (Å²) in [6, 6.07) is -0.270. The maximum atomic E-state index is 11.7. The van der Waals surface area contributed by atoms with Gasteiger partial charge in [-0.05, 0) is 18.8 Å². The fraction of sp³-hybridized carbons (Fsp3) is 0.750. The lowest BCUT2D eigenvalue weighted by atomic mass is 10.00. The van der Waals surface area contributed by atoms with E-state index in [1.165, 1.54) is 0 Å². The number of urea groups is 1. The summed E-state index contributed by atoms with van der Waals surface area (Å²) in [7, 11) is 0. The molecular formula is C12H21ClN4O3. The highest BCUT2D eigenvalue weighted by molar-refractivity contribution is 6.01. The van der Waals surface area contributed by atoms with Gasteiger partial charge in [0, 0.05) is 25.6 Å². The number of amides is 4. The van der Waals surface area contributed by atoms with Crippen molar-refractivity contribution in [2.75, 3.05) is 19.6 Å². The number of rotatable bonds is 5. The molecule has 4 N–H and O–H groups in total. The first-order chi connectivity index (χ1) is 9.08. The Labute approximate surface area is 124 Å². The first kappa shape index (κ1) is 16.7. The van der Waals surface area contributed by atoms with Gasteiger partial charge in [0.05, 0.1) is 6.54 Å². The molecule has 1 heterocycles.